The summed E-state index contributed by atoms with van der Waals surface area (Å²) in [5.74, 6) is 0. The van der Waals surface area contributed by atoms with Crippen LogP contribution in [0.25, 0.3) is 10.9 Å². The highest BCUT2D eigenvalue weighted by molar-refractivity contribution is 5.81. The summed E-state index contributed by atoms with van der Waals surface area (Å²) >= 11 is 0. The number of aliphatic hydroxyl groups is 1. The van der Waals surface area contributed by atoms with Crippen LogP contribution >= 0.6 is 0 Å². The van der Waals surface area contributed by atoms with Crippen molar-refractivity contribution in [1.29, 1.82) is 0 Å². The maximum absolute atomic E-state index is 9.69. The van der Waals surface area contributed by atoms with Crippen molar-refractivity contribution in [2.45, 2.75) is 32.4 Å². The molecule has 0 saturated carbocycles. The van der Waals surface area contributed by atoms with Gasteiger partial charge in [-0.2, -0.15) is 5.10 Å². The fourth-order valence-electron chi connectivity index (χ4n) is 2.20. The minimum absolute atomic E-state index is 0.381. The Morgan fingerprint density at radius 2 is 2.17 bits per heavy atom. The van der Waals surface area contributed by atoms with E-state index in [0.29, 0.717) is 13.0 Å². The first-order chi connectivity index (χ1) is 8.76. The summed E-state index contributed by atoms with van der Waals surface area (Å²) in [5, 5.41) is 15.5. The molecule has 0 fully saturated rings. The van der Waals surface area contributed by atoms with E-state index in [0.717, 1.165) is 24.2 Å². The van der Waals surface area contributed by atoms with Gasteiger partial charge in [0.1, 0.15) is 0 Å². The van der Waals surface area contributed by atoms with E-state index in [1.54, 1.807) is 7.11 Å². The standard InChI is InChI=1S/C14H20N2O2/c1-3-16-14-7-5-4-6-12(14)13(15-16)9-8-11(17)10-18-2/h4-7,11,17H,3,8-10H2,1-2H3. The Labute approximate surface area is 107 Å². The molecule has 1 aromatic heterocycles. The molecule has 0 amide bonds. The van der Waals surface area contributed by atoms with Gasteiger partial charge in [-0.3, -0.25) is 4.68 Å². The minimum atomic E-state index is -0.416. The molecule has 0 spiro atoms. The summed E-state index contributed by atoms with van der Waals surface area (Å²) in [4.78, 5) is 0. The van der Waals surface area contributed by atoms with Gasteiger partial charge in [0.2, 0.25) is 0 Å². The van der Waals surface area contributed by atoms with Crippen molar-refractivity contribution < 1.29 is 9.84 Å². The number of ether oxygens (including phenoxy) is 1. The van der Waals surface area contributed by atoms with Crippen molar-refractivity contribution in [3.8, 4) is 0 Å². The molecule has 1 N–H and O–H groups in total. The second-order valence-electron chi connectivity index (χ2n) is 4.43. The van der Waals surface area contributed by atoms with Crippen LogP contribution in [0.2, 0.25) is 0 Å². The average Bonchev–Trinajstić information content (AvgIpc) is 2.75. The van der Waals surface area contributed by atoms with Crippen molar-refractivity contribution >= 4 is 10.9 Å². The van der Waals surface area contributed by atoms with Crippen molar-refractivity contribution in [1.82, 2.24) is 9.78 Å². The van der Waals surface area contributed by atoms with Crippen LogP contribution in [0.1, 0.15) is 19.0 Å². The molecule has 18 heavy (non-hydrogen) atoms. The number of hydrogen-bond donors (Lipinski definition) is 1. The molecule has 0 aliphatic carbocycles. The van der Waals surface area contributed by atoms with Gasteiger partial charge in [-0.05, 0) is 25.8 Å². The van der Waals surface area contributed by atoms with Crippen LogP contribution in [-0.4, -0.2) is 34.7 Å². The van der Waals surface area contributed by atoms with Crippen molar-refractivity contribution in [2.24, 2.45) is 0 Å². The molecule has 0 aliphatic heterocycles. The lowest BCUT2D eigenvalue weighted by atomic mass is 10.1. The molecule has 1 unspecified atom stereocenters. The number of rotatable bonds is 6. The van der Waals surface area contributed by atoms with E-state index < -0.39 is 6.10 Å². The predicted molar refractivity (Wildman–Crippen MR) is 71.6 cm³/mol. The summed E-state index contributed by atoms with van der Waals surface area (Å²) in [6.45, 7) is 3.33. The fraction of sp³-hybridized carbons (Fsp3) is 0.500. The molecule has 2 rings (SSSR count). The van der Waals surface area contributed by atoms with Crippen LogP contribution in [0.15, 0.2) is 24.3 Å². The number of aromatic nitrogens is 2. The zero-order valence-electron chi connectivity index (χ0n) is 11.0. The number of nitrogens with zero attached hydrogens (tertiary/aromatic N) is 2. The number of aliphatic hydroxyl groups excluding tert-OH is 1. The van der Waals surface area contributed by atoms with Gasteiger partial charge in [-0.1, -0.05) is 18.2 Å². The molecule has 0 bridgehead atoms. The number of para-hydroxylation sites is 1. The van der Waals surface area contributed by atoms with Crippen LogP contribution in [0.3, 0.4) is 0 Å². The molecule has 1 aromatic carbocycles. The van der Waals surface area contributed by atoms with Gasteiger partial charge in [0.15, 0.2) is 0 Å². The van der Waals surface area contributed by atoms with Crippen LogP contribution in [0.4, 0.5) is 0 Å². The Morgan fingerprint density at radius 3 is 2.89 bits per heavy atom. The molecule has 4 nitrogen and oxygen atoms in total. The normalized spacial score (nSPS) is 13.1. The largest absolute Gasteiger partial charge is 0.391 e. The number of hydrogen-bond acceptors (Lipinski definition) is 3. The molecule has 2 aromatic rings. The third kappa shape index (κ3) is 2.71. The van der Waals surface area contributed by atoms with E-state index in [4.69, 9.17) is 4.74 Å². The first-order valence-corrected chi connectivity index (χ1v) is 6.37. The number of benzene rings is 1. The average molecular weight is 248 g/mol. The Hall–Kier alpha value is -1.39. The van der Waals surface area contributed by atoms with E-state index in [2.05, 4.69) is 24.2 Å². The highest BCUT2D eigenvalue weighted by Crippen LogP contribution is 2.20. The van der Waals surface area contributed by atoms with E-state index in [-0.39, 0.29) is 0 Å². The topological polar surface area (TPSA) is 47.3 Å². The van der Waals surface area contributed by atoms with Gasteiger partial charge >= 0.3 is 0 Å². The maximum Gasteiger partial charge on any atom is 0.0777 e. The van der Waals surface area contributed by atoms with Gasteiger partial charge in [0, 0.05) is 19.0 Å². The monoisotopic (exact) mass is 248 g/mol. The molecule has 0 saturated heterocycles. The van der Waals surface area contributed by atoms with E-state index in [1.807, 2.05) is 16.8 Å². The van der Waals surface area contributed by atoms with Crippen molar-refractivity contribution in [2.75, 3.05) is 13.7 Å². The number of fused-ring (bicyclic) bond motifs is 1. The van der Waals surface area contributed by atoms with E-state index >= 15 is 0 Å². The lowest BCUT2D eigenvalue weighted by Gasteiger charge is -2.07. The van der Waals surface area contributed by atoms with Gasteiger partial charge < -0.3 is 9.84 Å². The van der Waals surface area contributed by atoms with E-state index in [1.165, 1.54) is 5.39 Å². The third-order valence-corrected chi connectivity index (χ3v) is 3.11. The maximum atomic E-state index is 9.69. The zero-order chi connectivity index (χ0) is 13.0. The molecule has 4 heteroatoms. The molecule has 1 heterocycles. The molecular formula is C14H20N2O2. The highest BCUT2D eigenvalue weighted by atomic mass is 16.5. The van der Waals surface area contributed by atoms with Crippen LogP contribution in [0, 0.1) is 0 Å². The van der Waals surface area contributed by atoms with Gasteiger partial charge in [0.05, 0.1) is 23.9 Å². The first kappa shape index (κ1) is 13.1. The summed E-state index contributed by atoms with van der Waals surface area (Å²) in [6.07, 6.45) is 1.04. The second kappa shape index (κ2) is 5.98. The molecular weight excluding hydrogens is 228 g/mol. The van der Waals surface area contributed by atoms with Crippen LogP contribution < -0.4 is 0 Å². The Kier molecular flexibility index (Phi) is 4.33. The first-order valence-electron chi connectivity index (χ1n) is 6.37. The summed E-state index contributed by atoms with van der Waals surface area (Å²) in [5.41, 5.74) is 2.22. The minimum Gasteiger partial charge on any atom is -0.391 e. The van der Waals surface area contributed by atoms with Crippen molar-refractivity contribution in [3.05, 3.63) is 30.0 Å². The lowest BCUT2D eigenvalue weighted by Crippen LogP contribution is -2.14. The Bertz CT molecular complexity index is 507. The highest BCUT2D eigenvalue weighted by Gasteiger charge is 2.11. The van der Waals surface area contributed by atoms with Crippen LogP contribution in [-0.2, 0) is 17.7 Å². The van der Waals surface area contributed by atoms with Crippen LogP contribution in [0.5, 0.6) is 0 Å². The number of aryl methyl sites for hydroxylation is 2. The Morgan fingerprint density at radius 1 is 1.39 bits per heavy atom. The molecule has 1 atom stereocenters. The summed E-state index contributed by atoms with van der Waals surface area (Å²) < 4.78 is 6.94. The van der Waals surface area contributed by atoms with E-state index in [9.17, 15) is 5.11 Å². The quantitative estimate of drug-likeness (QED) is 0.850. The number of methoxy groups -OCH3 is 1. The van der Waals surface area contributed by atoms with Gasteiger partial charge in [-0.25, -0.2) is 0 Å². The van der Waals surface area contributed by atoms with Gasteiger partial charge in [0.25, 0.3) is 0 Å². The smallest absolute Gasteiger partial charge is 0.0777 e. The zero-order valence-corrected chi connectivity index (χ0v) is 11.0. The lowest BCUT2D eigenvalue weighted by molar-refractivity contribution is 0.0594. The fourth-order valence-corrected chi connectivity index (χ4v) is 2.20. The predicted octanol–water partition coefficient (Wildman–Crippen LogP) is 2.00. The summed E-state index contributed by atoms with van der Waals surface area (Å²) in [6, 6.07) is 8.23. The third-order valence-electron chi connectivity index (χ3n) is 3.11. The second-order valence-corrected chi connectivity index (χ2v) is 4.43. The molecule has 0 radical (unpaired) electrons. The molecule has 98 valence electrons. The Balaban J connectivity index is 2.18. The SMILES string of the molecule is CCn1nc(CCC(O)COC)c2ccccc21. The summed E-state index contributed by atoms with van der Waals surface area (Å²) in [7, 11) is 1.60. The van der Waals surface area contributed by atoms with Crippen molar-refractivity contribution in [3.63, 3.8) is 0 Å². The molecule has 0 aliphatic rings. The van der Waals surface area contributed by atoms with Gasteiger partial charge in [-0.15, -0.1) is 0 Å².